The van der Waals surface area contributed by atoms with Gasteiger partial charge in [0, 0.05) is 18.0 Å². The molecule has 126 valence electrons. The van der Waals surface area contributed by atoms with E-state index in [1.54, 1.807) is 0 Å². The smallest absolute Gasteiger partial charge is 0.167 e. The van der Waals surface area contributed by atoms with E-state index in [4.69, 9.17) is 0 Å². The third-order valence-electron chi connectivity index (χ3n) is 5.24. The molecule has 2 heteroatoms. The van der Waals surface area contributed by atoms with Gasteiger partial charge in [-0.15, -0.1) is 0 Å². The monoisotopic (exact) mass is 329 g/mol. The number of hydrogen-bond donors (Lipinski definition) is 1. The van der Waals surface area contributed by atoms with Gasteiger partial charge in [0.2, 0.25) is 0 Å². The molecular weight excluding hydrogens is 306 g/mol. The summed E-state index contributed by atoms with van der Waals surface area (Å²) in [6, 6.07) is 23.0. The predicted molar refractivity (Wildman–Crippen MR) is 103 cm³/mol. The van der Waals surface area contributed by atoms with Gasteiger partial charge in [0.1, 0.15) is 0 Å². The van der Waals surface area contributed by atoms with Gasteiger partial charge < -0.3 is 5.32 Å². The van der Waals surface area contributed by atoms with Gasteiger partial charge in [0.15, 0.2) is 5.78 Å². The van der Waals surface area contributed by atoms with E-state index < -0.39 is 0 Å². The lowest BCUT2D eigenvalue weighted by atomic mass is 9.80. The zero-order valence-corrected chi connectivity index (χ0v) is 14.4. The molecule has 0 fully saturated rings. The molecule has 0 spiro atoms. The average molecular weight is 329 g/mol. The second kappa shape index (κ2) is 7.20. The minimum atomic E-state index is 0.101. The lowest BCUT2D eigenvalue weighted by Crippen LogP contribution is -2.33. The van der Waals surface area contributed by atoms with Crippen molar-refractivity contribution < 1.29 is 4.79 Å². The van der Waals surface area contributed by atoms with Crippen molar-refractivity contribution in [3.8, 4) is 0 Å². The second-order valence-corrected chi connectivity index (χ2v) is 6.85. The topological polar surface area (TPSA) is 29.1 Å². The van der Waals surface area contributed by atoms with Crippen LogP contribution in [0.4, 0.5) is 0 Å². The summed E-state index contributed by atoms with van der Waals surface area (Å²) < 4.78 is 0. The fraction of sp³-hybridized carbons (Fsp3) is 0.261. The van der Waals surface area contributed by atoms with Crippen molar-refractivity contribution in [1.82, 2.24) is 5.32 Å². The Balaban J connectivity index is 1.41. The van der Waals surface area contributed by atoms with Crippen LogP contribution in [0.3, 0.4) is 0 Å². The molecular formula is C23H23NO. The Morgan fingerprint density at radius 3 is 2.60 bits per heavy atom. The van der Waals surface area contributed by atoms with E-state index in [2.05, 4.69) is 59.9 Å². The highest BCUT2D eigenvalue weighted by molar-refractivity contribution is 6.05. The normalized spacial score (nSPS) is 16.8. The first-order valence-corrected chi connectivity index (χ1v) is 9.12. The molecule has 1 N–H and O–H groups in total. The van der Waals surface area contributed by atoms with Crippen molar-refractivity contribution in [3.05, 3.63) is 83.4 Å². The molecule has 0 saturated carbocycles. The summed E-state index contributed by atoms with van der Waals surface area (Å²) in [5, 5.41) is 5.95. The standard InChI is InChI=1S/C23H23NO/c25-23-19(16-24-15-14-17-6-2-1-3-7-17)11-12-21-20-9-5-4-8-18(20)10-13-22(21)23/h1-10,13,19,24H,11-12,14-16H2. The molecule has 3 aromatic rings. The molecule has 1 aliphatic carbocycles. The van der Waals surface area contributed by atoms with Gasteiger partial charge in [0.05, 0.1) is 0 Å². The Morgan fingerprint density at radius 1 is 0.920 bits per heavy atom. The van der Waals surface area contributed by atoms with Crippen molar-refractivity contribution in [2.24, 2.45) is 5.92 Å². The third kappa shape index (κ3) is 3.35. The first-order valence-electron chi connectivity index (χ1n) is 9.12. The Labute approximate surface area is 148 Å². The second-order valence-electron chi connectivity index (χ2n) is 6.85. The Bertz CT molecular complexity index is 885. The molecule has 1 unspecified atom stereocenters. The SMILES string of the molecule is O=C1c2ccc3ccccc3c2CCC1CNCCc1ccccc1. The molecule has 25 heavy (non-hydrogen) atoms. The lowest BCUT2D eigenvalue weighted by molar-refractivity contribution is 0.0901. The van der Waals surface area contributed by atoms with E-state index in [0.717, 1.165) is 37.9 Å². The predicted octanol–water partition coefficient (Wildman–Crippen LogP) is 4.42. The van der Waals surface area contributed by atoms with Crippen molar-refractivity contribution in [2.75, 3.05) is 13.1 Å². The van der Waals surface area contributed by atoms with E-state index in [0.29, 0.717) is 5.78 Å². The summed E-state index contributed by atoms with van der Waals surface area (Å²) in [7, 11) is 0. The highest BCUT2D eigenvalue weighted by Crippen LogP contribution is 2.31. The van der Waals surface area contributed by atoms with E-state index in [-0.39, 0.29) is 5.92 Å². The van der Waals surface area contributed by atoms with Gasteiger partial charge >= 0.3 is 0 Å². The van der Waals surface area contributed by atoms with Crippen LogP contribution in [0.15, 0.2) is 66.7 Å². The van der Waals surface area contributed by atoms with Crippen LogP contribution in [0.5, 0.6) is 0 Å². The number of rotatable bonds is 5. The number of Topliss-reactive ketones (excluding diaryl/α,β-unsaturated/α-hetero) is 1. The molecule has 3 aromatic carbocycles. The largest absolute Gasteiger partial charge is 0.316 e. The first kappa shape index (κ1) is 16.0. The van der Waals surface area contributed by atoms with Crippen molar-refractivity contribution >= 4 is 16.6 Å². The number of carbonyl (C=O) groups is 1. The van der Waals surface area contributed by atoms with E-state index in [1.165, 1.54) is 21.9 Å². The van der Waals surface area contributed by atoms with Gasteiger partial charge in [-0.25, -0.2) is 0 Å². The van der Waals surface area contributed by atoms with Gasteiger partial charge in [-0.05, 0) is 47.7 Å². The van der Waals surface area contributed by atoms with Crippen LogP contribution in [0.25, 0.3) is 10.8 Å². The zero-order chi connectivity index (χ0) is 17.1. The van der Waals surface area contributed by atoms with Crippen LogP contribution >= 0.6 is 0 Å². The summed E-state index contributed by atoms with van der Waals surface area (Å²) in [5.41, 5.74) is 3.50. The molecule has 1 aliphatic rings. The number of ketones is 1. The Kier molecular flexibility index (Phi) is 4.62. The molecule has 0 aromatic heterocycles. The van der Waals surface area contributed by atoms with E-state index in [1.807, 2.05) is 12.1 Å². The van der Waals surface area contributed by atoms with Gasteiger partial charge in [0.25, 0.3) is 0 Å². The number of carbonyl (C=O) groups excluding carboxylic acids is 1. The van der Waals surface area contributed by atoms with Gasteiger partial charge in [-0.1, -0.05) is 66.7 Å². The van der Waals surface area contributed by atoms with Crippen molar-refractivity contribution in [3.63, 3.8) is 0 Å². The molecule has 0 aliphatic heterocycles. The van der Waals surface area contributed by atoms with Crippen LogP contribution < -0.4 is 5.32 Å². The van der Waals surface area contributed by atoms with Crippen LogP contribution in [0.2, 0.25) is 0 Å². The summed E-state index contributed by atoms with van der Waals surface area (Å²) in [5.74, 6) is 0.406. The fourth-order valence-electron chi connectivity index (χ4n) is 3.85. The van der Waals surface area contributed by atoms with Crippen LogP contribution in [0, 0.1) is 5.92 Å². The molecule has 2 nitrogen and oxygen atoms in total. The first-order chi connectivity index (χ1) is 12.3. The molecule has 0 bridgehead atoms. The highest BCUT2D eigenvalue weighted by atomic mass is 16.1. The maximum Gasteiger partial charge on any atom is 0.167 e. The maximum absolute atomic E-state index is 12.9. The Hall–Kier alpha value is -2.45. The highest BCUT2D eigenvalue weighted by Gasteiger charge is 2.27. The van der Waals surface area contributed by atoms with Gasteiger partial charge in [-0.2, -0.15) is 0 Å². The number of hydrogen-bond acceptors (Lipinski definition) is 2. The molecule has 1 atom stereocenters. The molecule has 4 rings (SSSR count). The molecule has 0 radical (unpaired) electrons. The molecule has 0 amide bonds. The summed E-state index contributed by atoms with van der Waals surface area (Å²) >= 11 is 0. The van der Waals surface area contributed by atoms with E-state index in [9.17, 15) is 4.79 Å². The zero-order valence-electron chi connectivity index (χ0n) is 14.4. The van der Waals surface area contributed by atoms with Crippen LogP contribution in [-0.2, 0) is 12.8 Å². The number of aryl methyl sites for hydroxylation is 1. The van der Waals surface area contributed by atoms with Crippen molar-refractivity contribution in [1.29, 1.82) is 0 Å². The van der Waals surface area contributed by atoms with Crippen LogP contribution in [0.1, 0.15) is 27.9 Å². The molecule has 0 saturated heterocycles. The summed E-state index contributed by atoms with van der Waals surface area (Å²) in [6.07, 6.45) is 2.94. The quantitative estimate of drug-likeness (QED) is 0.702. The average Bonchev–Trinajstić information content (AvgIpc) is 2.67. The van der Waals surface area contributed by atoms with Gasteiger partial charge in [-0.3, -0.25) is 4.79 Å². The molecule has 0 heterocycles. The number of benzene rings is 3. The Morgan fingerprint density at radius 2 is 1.72 bits per heavy atom. The lowest BCUT2D eigenvalue weighted by Gasteiger charge is -2.25. The minimum Gasteiger partial charge on any atom is -0.316 e. The van der Waals surface area contributed by atoms with Crippen LogP contribution in [-0.4, -0.2) is 18.9 Å². The van der Waals surface area contributed by atoms with Crippen molar-refractivity contribution in [2.45, 2.75) is 19.3 Å². The van der Waals surface area contributed by atoms with E-state index >= 15 is 0 Å². The minimum absolute atomic E-state index is 0.101. The number of fused-ring (bicyclic) bond motifs is 3. The summed E-state index contributed by atoms with van der Waals surface area (Å²) in [4.78, 5) is 12.9. The third-order valence-corrected chi connectivity index (χ3v) is 5.24. The maximum atomic E-state index is 12.9. The summed E-state index contributed by atoms with van der Waals surface area (Å²) in [6.45, 7) is 1.69. The fourth-order valence-corrected chi connectivity index (χ4v) is 3.85. The number of nitrogens with one attached hydrogen (secondary N) is 1.